The van der Waals surface area contributed by atoms with Gasteiger partial charge in [-0.2, -0.15) is 0 Å². The molecule has 1 saturated heterocycles. The van der Waals surface area contributed by atoms with Crippen molar-refractivity contribution in [3.05, 3.63) is 95.6 Å². The van der Waals surface area contributed by atoms with E-state index in [2.05, 4.69) is 16.0 Å². The van der Waals surface area contributed by atoms with Gasteiger partial charge < -0.3 is 34.9 Å². The minimum atomic E-state index is -0.823. The maximum atomic E-state index is 14.1. The second-order valence-corrected chi connectivity index (χ2v) is 12.7. The van der Waals surface area contributed by atoms with Crippen LogP contribution in [-0.4, -0.2) is 68.6 Å². The summed E-state index contributed by atoms with van der Waals surface area (Å²) in [7, 11) is 2.71. The van der Waals surface area contributed by atoms with Crippen molar-refractivity contribution in [1.29, 1.82) is 0 Å². The number of ether oxygens (including phenoxy) is 3. The van der Waals surface area contributed by atoms with Gasteiger partial charge in [-0.25, -0.2) is 9.59 Å². The van der Waals surface area contributed by atoms with Gasteiger partial charge in [-0.15, -0.1) is 0 Å². The molecule has 11 nitrogen and oxygen atoms in total. The molecule has 0 radical (unpaired) electrons. The zero-order chi connectivity index (χ0) is 34.5. The lowest BCUT2D eigenvalue weighted by molar-refractivity contribution is -0.115. The molecule has 1 aliphatic heterocycles. The summed E-state index contributed by atoms with van der Waals surface area (Å²) in [5.41, 5.74) is 2.30. The lowest BCUT2D eigenvalue weighted by Gasteiger charge is -2.43. The van der Waals surface area contributed by atoms with Crippen LogP contribution in [0, 0.1) is 0 Å². The monoisotopic (exact) mass is 654 g/mol. The van der Waals surface area contributed by atoms with Crippen molar-refractivity contribution in [2.75, 3.05) is 56.5 Å². The first-order valence-electron chi connectivity index (χ1n) is 15.8. The number of aliphatic hydroxyl groups is 1. The van der Waals surface area contributed by atoms with Crippen molar-refractivity contribution in [3.8, 4) is 5.75 Å². The summed E-state index contributed by atoms with van der Waals surface area (Å²) in [6.07, 6.45) is -0.324. The summed E-state index contributed by atoms with van der Waals surface area (Å²) in [5, 5.41) is 19.7. The van der Waals surface area contributed by atoms with Crippen LogP contribution in [0.2, 0.25) is 0 Å². The number of rotatable bonds is 8. The molecule has 1 aliphatic rings. The van der Waals surface area contributed by atoms with Gasteiger partial charge in [0.1, 0.15) is 5.60 Å². The second-order valence-electron chi connectivity index (χ2n) is 12.7. The Hall–Kier alpha value is -5.13. The molecule has 1 atom stereocenters. The number of methoxy groups -OCH3 is 2. The molecule has 0 spiro atoms. The Morgan fingerprint density at radius 2 is 1.52 bits per heavy atom. The van der Waals surface area contributed by atoms with Crippen LogP contribution in [0.25, 0.3) is 10.8 Å². The molecule has 11 heteroatoms. The number of nitrogens with one attached hydrogen (secondary N) is 3. The molecule has 4 aromatic rings. The highest BCUT2D eigenvalue weighted by Crippen LogP contribution is 2.39. The third-order valence-corrected chi connectivity index (χ3v) is 8.52. The highest BCUT2D eigenvalue weighted by Gasteiger charge is 2.40. The normalized spacial score (nSPS) is 16.2. The number of urea groups is 1. The van der Waals surface area contributed by atoms with Gasteiger partial charge >= 0.3 is 12.1 Å². The number of anilines is 3. The van der Waals surface area contributed by atoms with Crippen LogP contribution >= 0.6 is 0 Å². The van der Waals surface area contributed by atoms with Gasteiger partial charge in [0.2, 0.25) is 0 Å². The quantitative estimate of drug-likeness (QED) is 0.166. The Balaban J connectivity index is 1.43. The first kappa shape index (κ1) is 34.2. The van der Waals surface area contributed by atoms with E-state index < -0.39 is 17.7 Å². The molecular weight excluding hydrogens is 612 g/mol. The average molecular weight is 655 g/mol. The maximum absolute atomic E-state index is 14.1. The molecule has 0 aliphatic carbocycles. The molecule has 0 aromatic heterocycles. The molecule has 5 rings (SSSR count). The largest absolute Gasteiger partial charge is 0.492 e. The summed E-state index contributed by atoms with van der Waals surface area (Å²) in [6, 6.07) is 23.5. The van der Waals surface area contributed by atoms with E-state index in [1.807, 2.05) is 75.4 Å². The standard InChI is InChI=1S/C37H42N4O7/c1-36(2,3)25-21-30(32(46-4)31(22-25)40-35(45)47-5)39-34(44)38-29-16-15-28(26-13-9-10-14-27(26)29)33(43)41-18-20-48-37(23-41,17-19-42)24-11-7-6-8-12-24/h6-16,21-22,42H,17-20,23H2,1-5H3,(H,40,45)(H2,38,39,44). The van der Waals surface area contributed by atoms with Crippen molar-refractivity contribution < 1.29 is 33.7 Å². The smallest absolute Gasteiger partial charge is 0.411 e. The van der Waals surface area contributed by atoms with Crippen molar-refractivity contribution in [1.82, 2.24) is 4.90 Å². The second kappa shape index (κ2) is 14.3. The van der Waals surface area contributed by atoms with Crippen LogP contribution in [0.3, 0.4) is 0 Å². The van der Waals surface area contributed by atoms with E-state index in [0.29, 0.717) is 53.0 Å². The van der Waals surface area contributed by atoms with E-state index in [-0.39, 0.29) is 30.2 Å². The van der Waals surface area contributed by atoms with Gasteiger partial charge in [0.15, 0.2) is 5.75 Å². The minimum Gasteiger partial charge on any atom is -0.492 e. The lowest BCUT2D eigenvalue weighted by atomic mass is 9.86. The summed E-state index contributed by atoms with van der Waals surface area (Å²) in [5.74, 6) is 0.0887. The molecule has 4 amide bonds. The van der Waals surface area contributed by atoms with Gasteiger partial charge in [-0.3, -0.25) is 10.1 Å². The number of hydrogen-bond acceptors (Lipinski definition) is 7. The van der Waals surface area contributed by atoms with E-state index >= 15 is 0 Å². The van der Waals surface area contributed by atoms with Crippen molar-refractivity contribution >= 4 is 45.9 Å². The fraction of sp³-hybridized carbons (Fsp3) is 0.324. The van der Waals surface area contributed by atoms with E-state index in [9.17, 15) is 19.5 Å². The number of carbonyl (C=O) groups is 3. The van der Waals surface area contributed by atoms with Gasteiger partial charge in [-0.05, 0) is 46.2 Å². The predicted molar refractivity (Wildman–Crippen MR) is 186 cm³/mol. The van der Waals surface area contributed by atoms with Gasteiger partial charge in [0, 0.05) is 30.5 Å². The first-order chi connectivity index (χ1) is 23.0. The number of fused-ring (bicyclic) bond motifs is 1. The zero-order valence-corrected chi connectivity index (χ0v) is 27.9. The Morgan fingerprint density at radius 3 is 2.17 bits per heavy atom. The highest BCUT2D eigenvalue weighted by molar-refractivity contribution is 6.13. The molecule has 0 bridgehead atoms. The Kier molecular flexibility index (Phi) is 10.2. The molecule has 48 heavy (non-hydrogen) atoms. The van der Waals surface area contributed by atoms with Crippen molar-refractivity contribution in [2.45, 2.75) is 38.2 Å². The highest BCUT2D eigenvalue weighted by atomic mass is 16.5. The lowest BCUT2D eigenvalue weighted by Crippen LogP contribution is -2.52. The van der Waals surface area contributed by atoms with Crippen molar-refractivity contribution in [3.63, 3.8) is 0 Å². The Morgan fingerprint density at radius 1 is 0.875 bits per heavy atom. The van der Waals surface area contributed by atoms with E-state index in [0.717, 1.165) is 11.1 Å². The molecule has 1 fully saturated rings. The number of benzene rings is 4. The predicted octanol–water partition coefficient (Wildman–Crippen LogP) is 6.72. The molecule has 252 valence electrons. The van der Waals surface area contributed by atoms with Crippen LogP contribution in [0.4, 0.5) is 26.7 Å². The fourth-order valence-corrected chi connectivity index (χ4v) is 6.02. The number of amides is 4. The molecule has 1 heterocycles. The van der Waals surface area contributed by atoms with Gasteiger partial charge in [-0.1, -0.05) is 75.4 Å². The summed E-state index contributed by atoms with van der Waals surface area (Å²) >= 11 is 0. The molecule has 4 aromatic carbocycles. The number of carbonyl (C=O) groups excluding carboxylic acids is 3. The summed E-state index contributed by atoms with van der Waals surface area (Å²) in [6.45, 7) is 6.97. The third kappa shape index (κ3) is 7.22. The van der Waals surface area contributed by atoms with Crippen molar-refractivity contribution in [2.24, 2.45) is 0 Å². The van der Waals surface area contributed by atoms with Crippen LogP contribution in [0.1, 0.15) is 48.7 Å². The SMILES string of the molecule is COC(=O)Nc1cc(C(C)(C)C)cc(NC(=O)Nc2ccc(C(=O)N3CCOC(CCO)(c4ccccc4)C3)c3ccccc23)c1OC. The van der Waals surface area contributed by atoms with E-state index in [1.54, 1.807) is 29.2 Å². The topological polar surface area (TPSA) is 138 Å². The number of hydrogen-bond donors (Lipinski definition) is 4. The van der Waals surface area contributed by atoms with E-state index in [4.69, 9.17) is 14.2 Å². The van der Waals surface area contributed by atoms with Gasteiger partial charge in [0.05, 0.1) is 44.4 Å². The third-order valence-electron chi connectivity index (χ3n) is 8.52. The summed E-state index contributed by atoms with van der Waals surface area (Å²) in [4.78, 5) is 41.4. The Bertz CT molecular complexity index is 1800. The van der Waals surface area contributed by atoms with Crippen LogP contribution < -0.4 is 20.7 Å². The minimum absolute atomic E-state index is 0.0856. The number of morpholine rings is 1. The molecule has 1 unspecified atom stereocenters. The van der Waals surface area contributed by atoms with Gasteiger partial charge in [0.25, 0.3) is 5.91 Å². The molecular formula is C37H42N4O7. The molecule has 4 N–H and O–H groups in total. The zero-order valence-electron chi connectivity index (χ0n) is 27.9. The summed E-state index contributed by atoms with van der Waals surface area (Å²) < 4.78 is 16.6. The maximum Gasteiger partial charge on any atom is 0.411 e. The van der Waals surface area contributed by atoms with Crippen LogP contribution in [-0.2, 0) is 20.5 Å². The number of nitrogens with zero attached hydrogens (tertiary/aromatic N) is 1. The average Bonchev–Trinajstić information content (AvgIpc) is 3.08. The van der Waals surface area contributed by atoms with Crippen LogP contribution in [0.15, 0.2) is 78.9 Å². The fourth-order valence-electron chi connectivity index (χ4n) is 6.02. The number of aliphatic hydroxyl groups excluding tert-OH is 1. The first-order valence-corrected chi connectivity index (χ1v) is 15.8. The van der Waals surface area contributed by atoms with Crippen LogP contribution in [0.5, 0.6) is 5.75 Å². The molecule has 0 saturated carbocycles. The van der Waals surface area contributed by atoms with E-state index in [1.165, 1.54) is 14.2 Å². The Labute approximate surface area is 280 Å².